The van der Waals surface area contributed by atoms with Gasteiger partial charge in [-0.2, -0.15) is 0 Å². The molecule has 1 fully saturated rings. The normalized spacial score (nSPS) is 14.9. The van der Waals surface area contributed by atoms with Crippen LogP contribution >= 0.6 is 11.6 Å². The first kappa shape index (κ1) is 22.2. The zero-order valence-corrected chi connectivity index (χ0v) is 18.3. The summed E-state index contributed by atoms with van der Waals surface area (Å²) in [5.41, 5.74) is 2.11. The number of hydrogen-bond acceptors (Lipinski definition) is 3. The van der Waals surface area contributed by atoms with Gasteiger partial charge in [-0.05, 0) is 44.4 Å². The lowest BCUT2D eigenvalue weighted by Gasteiger charge is -2.29. The van der Waals surface area contributed by atoms with Crippen LogP contribution in [-0.4, -0.2) is 35.4 Å². The molecule has 0 heterocycles. The van der Waals surface area contributed by atoms with E-state index >= 15 is 0 Å². The molecule has 3 rings (SSSR count). The van der Waals surface area contributed by atoms with Gasteiger partial charge in [-0.25, -0.2) is 0 Å². The van der Waals surface area contributed by atoms with Crippen molar-refractivity contribution in [3.05, 3.63) is 64.7 Å². The van der Waals surface area contributed by atoms with E-state index < -0.39 is 6.04 Å². The minimum Gasteiger partial charge on any atom is -0.482 e. The first-order valence-electron chi connectivity index (χ1n) is 10.5. The van der Waals surface area contributed by atoms with Gasteiger partial charge in [0.25, 0.3) is 5.91 Å². The van der Waals surface area contributed by atoms with E-state index in [9.17, 15) is 9.59 Å². The highest BCUT2D eigenvalue weighted by molar-refractivity contribution is 6.32. The molecule has 0 bridgehead atoms. The zero-order valence-electron chi connectivity index (χ0n) is 17.6. The van der Waals surface area contributed by atoms with Crippen molar-refractivity contribution in [2.45, 2.75) is 58.2 Å². The van der Waals surface area contributed by atoms with Crippen LogP contribution in [0.15, 0.2) is 48.5 Å². The molecule has 2 aromatic rings. The monoisotopic (exact) mass is 428 g/mol. The SMILES string of the molecule is Cc1ccc(CN(C(=O)COc2ccccc2Cl)[C@@H](C)C(=O)NC2CCCC2)cc1. The van der Waals surface area contributed by atoms with E-state index in [4.69, 9.17) is 16.3 Å². The second-order valence-electron chi connectivity index (χ2n) is 7.89. The van der Waals surface area contributed by atoms with Crippen molar-refractivity contribution < 1.29 is 14.3 Å². The fourth-order valence-corrected chi connectivity index (χ4v) is 3.84. The predicted octanol–water partition coefficient (Wildman–Crippen LogP) is 4.50. The van der Waals surface area contributed by atoms with Crippen molar-refractivity contribution >= 4 is 23.4 Å². The third kappa shape index (κ3) is 5.99. The third-order valence-electron chi connectivity index (χ3n) is 5.53. The molecule has 0 unspecified atom stereocenters. The molecule has 0 saturated heterocycles. The number of amides is 2. The molecule has 1 aliphatic carbocycles. The summed E-state index contributed by atoms with van der Waals surface area (Å²) in [6, 6.07) is 14.6. The number of carbonyl (C=O) groups is 2. The molecule has 0 spiro atoms. The maximum absolute atomic E-state index is 13.1. The fourth-order valence-electron chi connectivity index (χ4n) is 3.65. The van der Waals surface area contributed by atoms with Crippen LogP contribution in [-0.2, 0) is 16.1 Å². The molecule has 6 heteroatoms. The molecular weight excluding hydrogens is 400 g/mol. The lowest BCUT2D eigenvalue weighted by molar-refractivity contribution is -0.142. The standard InChI is InChI=1S/C24H29ClN2O3/c1-17-11-13-19(14-12-17)15-27(18(2)24(29)26-20-7-3-4-8-20)23(28)16-30-22-10-6-5-9-21(22)25/h5-6,9-14,18,20H,3-4,7-8,15-16H2,1-2H3,(H,26,29)/t18-/m0/s1. The van der Waals surface area contributed by atoms with Crippen LogP contribution in [0.3, 0.4) is 0 Å². The van der Waals surface area contributed by atoms with Crippen molar-refractivity contribution in [2.75, 3.05) is 6.61 Å². The Morgan fingerprint density at radius 2 is 1.80 bits per heavy atom. The van der Waals surface area contributed by atoms with Crippen molar-refractivity contribution in [3.8, 4) is 5.75 Å². The average Bonchev–Trinajstić information content (AvgIpc) is 3.25. The summed E-state index contributed by atoms with van der Waals surface area (Å²) in [7, 11) is 0. The van der Waals surface area contributed by atoms with Gasteiger partial charge in [0.2, 0.25) is 5.91 Å². The number of rotatable bonds is 8. The maximum atomic E-state index is 13.1. The van der Waals surface area contributed by atoms with Crippen LogP contribution in [0.1, 0.15) is 43.7 Å². The van der Waals surface area contributed by atoms with Crippen LogP contribution in [0.25, 0.3) is 0 Å². The molecule has 1 N–H and O–H groups in total. The molecule has 160 valence electrons. The first-order chi connectivity index (χ1) is 14.4. The number of nitrogens with one attached hydrogen (secondary N) is 1. The van der Waals surface area contributed by atoms with Crippen molar-refractivity contribution in [1.82, 2.24) is 10.2 Å². The summed E-state index contributed by atoms with van der Waals surface area (Å²) >= 11 is 6.13. The summed E-state index contributed by atoms with van der Waals surface area (Å²) in [5.74, 6) is 0.0653. The first-order valence-corrected chi connectivity index (χ1v) is 10.8. The number of aryl methyl sites for hydroxylation is 1. The second kappa shape index (κ2) is 10.5. The van der Waals surface area contributed by atoms with Crippen LogP contribution in [0, 0.1) is 6.92 Å². The Hall–Kier alpha value is -2.53. The molecule has 30 heavy (non-hydrogen) atoms. The van der Waals surface area contributed by atoms with Crippen LogP contribution < -0.4 is 10.1 Å². The number of hydrogen-bond donors (Lipinski definition) is 1. The Labute approximate surface area is 183 Å². The Morgan fingerprint density at radius 1 is 1.13 bits per heavy atom. The topological polar surface area (TPSA) is 58.6 Å². The smallest absolute Gasteiger partial charge is 0.261 e. The van der Waals surface area contributed by atoms with Crippen LogP contribution in [0.5, 0.6) is 5.75 Å². The van der Waals surface area contributed by atoms with E-state index in [0.717, 1.165) is 36.8 Å². The molecule has 1 saturated carbocycles. The van der Waals surface area contributed by atoms with Crippen molar-refractivity contribution in [1.29, 1.82) is 0 Å². The van der Waals surface area contributed by atoms with E-state index in [1.165, 1.54) is 0 Å². The summed E-state index contributed by atoms with van der Waals surface area (Å²) in [6.07, 6.45) is 4.27. The van der Waals surface area contributed by atoms with Gasteiger partial charge >= 0.3 is 0 Å². The summed E-state index contributed by atoms with van der Waals surface area (Å²) in [6.45, 7) is 3.94. The van der Waals surface area contributed by atoms with Gasteiger partial charge in [0.1, 0.15) is 11.8 Å². The second-order valence-corrected chi connectivity index (χ2v) is 8.30. The molecule has 1 aliphatic rings. The maximum Gasteiger partial charge on any atom is 0.261 e. The third-order valence-corrected chi connectivity index (χ3v) is 5.84. The predicted molar refractivity (Wildman–Crippen MR) is 119 cm³/mol. The van der Waals surface area contributed by atoms with E-state index in [1.54, 1.807) is 36.1 Å². The number of halogens is 1. The highest BCUT2D eigenvalue weighted by Crippen LogP contribution is 2.23. The van der Waals surface area contributed by atoms with E-state index in [-0.39, 0.29) is 24.5 Å². The van der Waals surface area contributed by atoms with E-state index in [1.807, 2.05) is 31.2 Å². The van der Waals surface area contributed by atoms with Gasteiger partial charge in [-0.15, -0.1) is 0 Å². The average molecular weight is 429 g/mol. The van der Waals surface area contributed by atoms with E-state index in [2.05, 4.69) is 5.32 Å². The van der Waals surface area contributed by atoms with E-state index in [0.29, 0.717) is 17.3 Å². The molecule has 2 aromatic carbocycles. The summed E-state index contributed by atoms with van der Waals surface area (Å²) < 4.78 is 5.64. The Balaban J connectivity index is 1.71. The number of nitrogens with zero attached hydrogens (tertiary/aromatic N) is 1. The Kier molecular flexibility index (Phi) is 7.75. The quantitative estimate of drug-likeness (QED) is 0.673. The molecule has 5 nitrogen and oxygen atoms in total. The number of benzene rings is 2. The minimum atomic E-state index is -0.603. The lowest BCUT2D eigenvalue weighted by Crippen LogP contribution is -2.50. The van der Waals surface area contributed by atoms with Crippen molar-refractivity contribution in [3.63, 3.8) is 0 Å². The molecule has 0 aromatic heterocycles. The fraction of sp³-hybridized carbons (Fsp3) is 0.417. The molecule has 2 amide bonds. The largest absolute Gasteiger partial charge is 0.482 e. The lowest BCUT2D eigenvalue weighted by atomic mass is 10.1. The molecule has 0 radical (unpaired) electrons. The number of ether oxygens (including phenoxy) is 1. The van der Waals surface area contributed by atoms with Gasteiger partial charge in [0, 0.05) is 12.6 Å². The number of carbonyl (C=O) groups excluding carboxylic acids is 2. The van der Waals surface area contributed by atoms with Gasteiger partial charge < -0.3 is 15.0 Å². The minimum absolute atomic E-state index is 0.125. The van der Waals surface area contributed by atoms with Crippen LogP contribution in [0.2, 0.25) is 5.02 Å². The van der Waals surface area contributed by atoms with Gasteiger partial charge in [-0.1, -0.05) is 66.4 Å². The zero-order chi connectivity index (χ0) is 21.5. The van der Waals surface area contributed by atoms with Crippen LogP contribution in [0.4, 0.5) is 0 Å². The van der Waals surface area contributed by atoms with Crippen molar-refractivity contribution in [2.24, 2.45) is 0 Å². The highest BCUT2D eigenvalue weighted by Gasteiger charge is 2.28. The molecule has 1 atom stereocenters. The molecular formula is C24H29ClN2O3. The molecule has 0 aliphatic heterocycles. The van der Waals surface area contributed by atoms with Gasteiger partial charge in [0.15, 0.2) is 6.61 Å². The number of para-hydroxylation sites is 1. The van der Waals surface area contributed by atoms with Gasteiger partial charge in [0.05, 0.1) is 5.02 Å². The Bertz CT molecular complexity index is 863. The Morgan fingerprint density at radius 3 is 2.47 bits per heavy atom. The highest BCUT2D eigenvalue weighted by atomic mass is 35.5. The van der Waals surface area contributed by atoms with Gasteiger partial charge in [-0.3, -0.25) is 9.59 Å². The summed E-state index contributed by atoms with van der Waals surface area (Å²) in [4.78, 5) is 27.5. The summed E-state index contributed by atoms with van der Waals surface area (Å²) in [5, 5.41) is 3.54.